The zero-order valence-corrected chi connectivity index (χ0v) is 11.3. The number of nitrogens with one attached hydrogen (secondary N) is 2. The molecule has 0 fully saturated rings. The highest BCUT2D eigenvalue weighted by Crippen LogP contribution is 1.95. The number of carbonyl (C=O) groups excluding carboxylic acids is 3. The first-order valence-electron chi connectivity index (χ1n) is 5.97. The van der Waals surface area contributed by atoms with Crippen LogP contribution < -0.4 is 16.4 Å². The molecule has 0 unspecified atom stereocenters. The molecule has 0 radical (unpaired) electrons. The van der Waals surface area contributed by atoms with E-state index in [0.717, 1.165) is 0 Å². The number of hydrogen-bond donors (Lipinski definition) is 3. The van der Waals surface area contributed by atoms with E-state index in [1.807, 2.05) is 13.8 Å². The van der Waals surface area contributed by atoms with Gasteiger partial charge in [-0.2, -0.15) is 0 Å². The van der Waals surface area contributed by atoms with Gasteiger partial charge < -0.3 is 21.1 Å². The fraction of sp³-hybridized carbons (Fsp3) is 0.583. The number of alkyl carbamates (subject to hydrolysis) is 1. The lowest BCUT2D eigenvalue weighted by atomic mass is 10.1. The van der Waals surface area contributed by atoms with Crippen LogP contribution in [0.2, 0.25) is 0 Å². The second kappa shape index (κ2) is 8.96. The van der Waals surface area contributed by atoms with Crippen molar-refractivity contribution in [1.29, 1.82) is 0 Å². The van der Waals surface area contributed by atoms with E-state index in [0.29, 0.717) is 6.54 Å². The van der Waals surface area contributed by atoms with Crippen molar-refractivity contribution in [3.8, 4) is 0 Å². The summed E-state index contributed by atoms with van der Waals surface area (Å²) in [5.41, 5.74) is 5.04. The van der Waals surface area contributed by atoms with E-state index in [-0.39, 0.29) is 18.9 Å². The first-order chi connectivity index (χ1) is 8.86. The van der Waals surface area contributed by atoms with Gasteiger partial charge in [0.15, 0.2) is 0 Å². The molecule has 7 heteroatoms. The molecule has 7 nitrogen and oxygen atoms in total. The van der Waals surface area contributed by atoms with Gasteiger partial charge >= 0.3 is 6.09 Å². The lowest BCUT2D eigenvalue weighted by Gasteiger charge is -2.17. The van der Waals surface area contributed by atoms with Gasteiger partial charge in [0.1, 0.15) is 12.6 Å². The number of carbonyl (C=O) groups is 3. The third kappa shape index (κ3) is 8.64. The number of nitrogens with two attached hydrogens (primary N) is 1. The van der Waals surface area contributed by atoms with Crippen LogP contribution >= 0.6 is 0 Å². The van der Waals surface area contributed by atoms with Gasteiger partial charge in [0.05, 0.1) is 6.42 Å². The Kier molecular flexibility index (Phi) is 7.99. The van der Waals surface area contributed by atoms with Crippen LogP contribution in [0.4, 0.5) is 4.79 Å². The van der Waals surface area contributed by atoms with Gasteiger partial charge in [0.25, 0.3) is 0 Å². The summed E-state index contributed by atoms with van der Waals surface area (Å²) in [4.78, 5) is 34.0. The maximum absolute atomic E-state index is 11.8. The second-order valence-corrected chi connectivity index (χ2v) is 4.39. The number of primary amides is 1. The van der Waals surface area contributed by atoms with E-state index in [1.165, 1.54) is 6.08 Å². The minimum absolute atomic E-state index is 0.0166. The minimum atomic E-state index is -1.03. The lowest BCUT2D eigenvalue weighted by Crippen LogP contribution is -2.49. The summed E-state index contributed by atoms with van der Waals surface area (Å²) in [7, 11) is 0. The maximum atomic E-state index is 11.8. The summed E-state index contributed by atoms with van der Waals surface area (Å²) < 4.78 is 4.68. The van der Waals surface area contributed by atoms with Gasteiger partial charge in [-0.05, 0) is 5.92 Å². The van der Waals surface area contributed by atoms with E-state index in [1.54, 1.807) is 0 Å². The van der Waals surface area contributed by atoms with Gasteiger partial charge in [0, 0.05) is 6.54 Å². The molecular formula is C12H21N3O4. The van der Waals surface area contributed by atoms with Crippen molar-refractivity contribution >= 4 is 17.9 Å². The van der Waals surface area contributed by atoms with Crippen molar-refractivity contribution in [2.24, 2.45) is 11.7 Å². The molecule has 0 aromatic heterocycles. The van der Waals surface area contributed by atoms with E-state index >= 15 is 0 Å². The van der Waals surface area contributed by atoms with Crippen LogP contribution in [-0.2, 0) is 14.3 Å². The standard InChI is InChI=1S/C12H21N3O4/c1-4-5-19-12(18)15-9(6-10(13)16)11(17)14-7-8(2)3/h4,8-9H,1,5-7H2,2-3H3,(H2,13,16)(H,14,17)(H,15,18)/t9-/m0/s1. The second-order valence-electron chi connectivity index (χ2n) is 4.39. The molecule has 0 aromatic carbocycles. The van der Waals surface area contributed by atoms with E-state index in [4.69, 9.17) is 5.73 Å². The lowest BCUT2D eigenvalue weighted by molar-refractivity contribution is -0.127. The zero-order chi connectivity index (χ0) is 14.8. The normalized spacial score (nSPS) is 11.5. The largest absolute Gasteiger partial charge is 0.445 e. The van der Waals surface area contributed by atoms with E-state index < -0.39 is 23.9 Å². The van der Waals surface area contributed by atoms with Crippen LogP contribution in [0.5, 0.6) is 0 Å². The van der Waals surface area contributed by atoms with Crippen LogP contribution in [0.15, 0.2) is 12.7 Å². The summed E-state index contributed by atoms with van der Waals surface area (Å²) in [5.74, 6) is -0.900. The Labute approximate surface area is 112 Å². The summed E-state index contributed by atoms with van der Waals surface area (Å²) in [6.45, 7) is 7.70. The molecule has 3 amide bonds. The molecule has 0 aliphatic rings. The van der Waals surface area contributed by atoms with Gasteiger partial charge in [-0.25, -0.2) is 4.79 Å². The van der Waals surface area contributed by atoms with Crippen LogP contribution in [-0.4, -0.2) is 37.1 Å². The van der Waals surface area contributed by atoms with Crippen molar-refractivity contribution in [3.05, 3.63) is 12.7 Å². The monoisotopic (exact) mass is 271 g/mol. The Morgan fingerprint density at radius 2 is 2.00 bits per heavy atom. The summed E-state index contributed by atoms with van der Waals surface area (Å²) in [6, 6.07) is -1.03. The van der Waals surface area contributed by atoms with Crippen LogP contribution in [0.25, 0.3) is 0 Å². The summed E-state index contributed by atoms with van der Waals surface area (Å²) >= 11 is 0. The fourth-order valence-electron chi connectivity index (χ4n) is 1.16. The van der Waals surface area contributed by atoms with Crippen molar-refractivity contribution in [1.82, 2.24) is 10.6 Å². The Morgan fingerprint density at radius 3 is 2.47 bits per heavy atom. The number of ether oxygens (including phenoxy) is 1. The molecule has 19 heavy (non-hydrogen) atoms. The van der Waals surface area contributed by atoms with E-state index in [9.17, 15) is 14.4 Å². The molecule has 0 rings (SSSR count). The van der Waals surface area contributed by atoms with Gasteiger partial charge in [-0.3, -0.25) is 9.59 Å². The van der Waals surface area contributed by atoms with Crippen molar-refractivity contribution in [2.75, 3.05) is 13.2 Å². The van der Waals surface area contributed by atoms with Crippen molar-refractivity contribution in [2.45, 2.75) is 26.3 Å². The molecule has 0 heterocycles. The van der Waals surface area contributed by atoms with Gasteiger partial charge in [-0.15, -0.1) is 0 Å². The molecule has 0 saturated carbocycles. The fourth-order valence-corrected chi connectivity index (χ4v) is 1.16. The first kappa shape index (κ1) is 16.9. The summed E-state index contributed by atoms with van der Waals surface area (Å²) in [5, 5.41) is 4.90. The summed E-state index contributed by atoms with van der Waals surface area (Å²) in [6.07, 6.45) is 0.306. The van der Waals surface area contributed by atoms with E-state index in [2.05, 4.69) is 21.9 Å². The number of rotatable bonds is 8. The molecule has 108 valence electrons. The first-order valence-corrected chi connectivity index (χ1v) is 5.97. The van der Waals surface area contributed by atoms with Crippen LogP contribution in [0, 0.1) is 5.92 Å². The molecule has 0 bridgehead atoms. The Hall–Kier alpha value is -2.05. The van der Waals surface area contributed by atoms with Crippen molar-refractivity contribution < 1.29 is 19.1 Å². The Bertz CT molecular complexity index is 342. The maximum Gasteiger partial charge on any atom is 0.408 e. The smallest absolute Gasteiger partial charge is 0.408 e. The Balaban J connectivity index is 4.43. The average Bonchev–Trinajstić information content (AvgIpc) is 2.31. The molecule has 0 aromatic rings. The molecule has 4 N–H and O–H groups in total. The third-order valence-electron chi connectivity index (χ3n) is 2.03. The predicted octanol–water partition coefficient (Wildman–Crippen LogP) is -0.0852. The molecule has 0 aliphatic carbocycles. The minimum Gasteiger partial charge on any atom is -0.445 e. The molecular weight excluding hydrogens is 250 g/mol. The Morgan fingerprint density at radius 1 is 1.37 bits per heavy atom. The highest BCUT2D eigenvalue weighted by molar-refractivity contribution is 5.90. The SMILES string of the molecule is C=CCOC(=O)N[C@@H](CC(N)=O)C(=O)NCC(C)C. The molecule has 0 saturated heterocycles. The molecule has 0 spiro atoms. The number of hydrogen-bond acceptors (Lipinski definition) is 4. The zero-order valence-electron chi connectivity index (χ0n) is 11.3. The topological polar surface area (TPSA) is 111 Å². The highest BCUT2D eigenvalue weighted by Gasteiger charge is 2.23. The predicted molar refractivity (Wildman–Crippen MR) is 70.1 cm³/mol. The molecule has 1 atom stereocenters. The third-order valence-corrected chi connectivity index (χ3v) is 2.03. The molecule has 0 aliphatic heterocycles. The quantitative estimate of drug-likeness (QED) is 0.536. The highest BCUT2D eigenvalue weighted by atomic mass is 16.5. The average molecular weight is 271 g/mol. The van der Waals surface area contributed by atoms with Crippen molar-refractivity contribution in [3.63, 3.8) is 0 Å². The van der Waals surface area contributed by atoms with Crippen LogP contribution in [0.3, 0.4) is 0 Å². The van der Waals surface area contributed by atoms with Gasteiger partial charge in [-0.1, -0.05) is 26.5 Å². The number of amides is 3. The van der Waals surface area contributed by atoms with Gasteiger partial charge in [0.2, 0.25) is 11.8 Å². The van der Waals surface area contributed by atoms with Crippen LogP contribution in [0.1, 0.15) is 20.3 Å².